The van der Waals surface area contributed by atoms with Gasteiger partial charge in [-0.1, -0.05) is 18.2 Å². The maximum atomic E-state index is 10.5. The van der Waals surface area contributed by atoms with Crippen LogP contribution < -0.4 is 69.3 Å². The maximum Gasteiger partial charge on any atom is 1.00 e. The fraction of sp³-hybridized carbons (Fsp3) is 0.0909. The van der Waals surface area contributed by atoms with Crippen molar-refractivity contribution in [1.82, 2.24) is 0 Å². The van der Waals surface area contributed by atoms with Gasteiger partial charge in [0.05, 0.1) is 11.9 Å². The predicted molar refractivity (Wildman–Crippen MR) is 49.6 cm³/mol. The van der Waals surface area contributed by atoms with E-state index in [1.807, 2.05) is 0 Å². The standard InChI is InChI=1S/C11H10O4.2Na/c1-7-2-3-9(11(14)15)6-8(7)4-5-10(12)13;;/h2-6H,1H3,(H,12,13)(H,14,15);;/q;2*+1/p-2/b5-4+;;. The molecule has 78 valence electrons. The van der Waals surface area contributed by atoms with Crippen LogP contribution in [0.5, 0.6) is 0 Å². The monoisotopic (exact) mass is 250 g/mol. The first-order valence-corrected chi connectivity index (χ1v) is 4.22. The molecule has 0 aliphatic rings. The molecule has 17 heavy (non-hydrogen) atoms. The van der Waals surface area contributed by atoms with Crippen molar-refractivity contribution in [3.05, 3.63) is 41.0 Å². The van der Waals surface area contributed by atoms with E-state index in [0.717, 1.165) is 11.6 Å². The van der Waals surface area contributed by atoms with Crippen molar-refractivity contribution in [2.45, 2.75) is 6.92 Å². The van der Waals surface area contributed by atoms with Gasteiger partial charge in [0, 0.05) is 0 Å². The molecule has 0 saturated heterocycles. The summed E-state index contributed by atoms with van der Waals surface area (Å²) in [5.41, 5.74) is 1.30. The first-order valence-electron chi connectivity index (χ1n) is 4.22. The number of hydrogen-bond acceptors (Lipinski definition) is 4. The summed E-state index contributed by atoms with van der Waals surface area (Å²) in [4.78, 5) is 20.7. The zero-order valence-corrected chi connectivity index (χ0v) is 14.0. The molecule has 0 bridgehead atoms. The van der Waals surface area contributed by atoms with E-state index in [9.17, 15) is 19.8 Å². The first kappa shape index (κ1) is 19.2. The Morgan fingerprint density at radius 3 is 2.24 bits per heavy atom. The molecule has 0 aliphatic carbocycles. The van der Waals surface area contributed by atoms with Crippen LogP contribution in [0.2, 0.25) is 0 Å². The second-order valence-corrected chi connectivity index (χ2v) is 3.01. The SMILES string of the molecule is Cc1ccc(C(=O)[O-])cc1/C=C/C(=O)[O-].[Na+].[Na+]. The minimum Gasteiger partial charge on any atom is -0.545 e. The Morgan fingerprint density at radius 1 is 1.18 bits per heavy atom. The molecule has 1 aromatic rings. The Bertz CT molecular complexity index is 441. The quantitative estimate of drug-likeness (QED) is 0.394. The Hall–Kier alpha value is -0.1000. The van der Waals surface area contributed by atoms with Crippen LogP contribution in [0.3, 0.4) is 0 Å². The zero-order valence-electron chi connectivity index (χ0n) is 10.0. The summed E-state index contributed by atoms with van der Waals surface area (Å²) in [6.45, 7) is 1.74. The predicted octanol–water partition coefficient (Wildman–Crippen LogP) is -6.87. The normalized spacial score (nSPS) is 9.24. The summed E-state index contributed by atoms with van der Waals surface area (Å²) >= 11 is 0. The van der Waals surface area contributed by atoms with Crippen LogP contribution in [0.25, 0.3) is 6.08 Å². The molecule has 4 nitrogen and oxygen atoms in total. The van der Waals surface area contributed by atoms with Gasteiger partial charge in [-0.25, -0.2) is 0 Å². The van der Waals surface area contributed by atoms with Crippen LogP contribution in [0, 0.1) is 6.92 Å². The van der Waals surface area contributed by atoms with Gasteiger partial charge in [0.25, 0.3) is 0 Å². The third kappa shape index (κ3) is 6.41. The summed E-state index contributed by atoms with van der Waals surface area (Å²) in [7, 11) is 0. The molecule has 6 heteroatoms. The summed E-state index contributed by atoms with van der Waals surface area (Å²) in [5, 5.41) is 20.7. The number of benzene rings is 1. The van der Waals surface area contributed by atoms with E-state index in [4.69, 9.17) is 0 Å². The van der Waals surface area contributed by atoms with Gasteiger partial charge >= 0.3 is 59.1 Å². The third-order valence-corrected chi connectivity index (χ3v) is 1.91. The molecule has 0 spiro atoms. The number of carbonyl (C=O) groups is 2. The summed E-state index contributed by atoms with van der Waals surface area (Å²) in [6.07, 6.45) is 2.14. The fourth-order valence-corrected chi connectivity index (χ4v) is 1.10. The van der Waals surface area contributed by atoms with Gasteiger partial charge in [-0.3, -0.25) is 0 Å². The average molecular weight is 250 g/mol. The molecule has 0 atom stereocenters. The number of aliphatic carboxylic acids is 1. The van der Waals surface area contributed by atoms with Crippen LogP contribution in [-0.2, 0) is 4.79 Å². The van der Waals surface area contributed by atoms with Crippen molar-refractivity contribution in [1.29, 1.82) is 0 Å². The molecular weight excluding hydrogens is 242 g/mol. The number of carboxylic acid groups (broad SMARTS) is 2. The van der Waals surface area contributed by atoms with Crippen LogP contribution in [-0.4, -0.2) is 11.9 Å². The minimum absolute atomic E-state index is 0. The summed E-state index contributed by atoms with van der Waals surface area (Å²) in [6, 6.07) is 4.34. The third-order valence-electron chi connectivity index (χ3n) is 1.91. The van der Waals surface area contributed by atoms with Crippen molar-refractivity contribution in [3.8, 4) is 0 Å². The van der Waals surface area contributed by atoms with Gasteiger partial charge in [0.1, 0.15) is 0 Å². The van der Waals surface area contributed by atoms with E-state index in [-0.39, 0.29) is 64.7 Å². The van der Waals surface area contributed by atoms with Gasteiger partial charge in [0.15, 0.2) is 0 Å². The minimum atomic E-state index is -1.33. The van der Waals surface area contributed by atoms with Crippen molar-refractivity contribution < 1.29 is 78.9 Å². The Morgan fingerprint density at radius 2 is 1.76 bits per heavy atom. The van der Waals surface area contributed by atoms with E-state index in [2.05, 4.69) is 0 Å². The molecule has 0 fully saturated rings. The molecular formula is C11H8Na2O4. The molecule has 0 heterocycles. The van der Waals surface area contributed by atoms with E-state index in [0.29, 0.717) is 5.56 Å². The Kier molecular flexibility index (Phi) is 10.1. The van der Waals surface area contributed by atoms with Crippen molar-refractivity contribution in [2.75, 3.05) is 0 Å². The summed E-state index contributed by atoms with van der Waals surface area (Å²) in [5.74, 6) is -2.62. The summed E-state index contributed by atoms with van der Waals surface area (Å²) < 4.78 is 0. The molecule has 0 aromatic heterocycles. The van der Waals surface area contributed by atoms with Gasteiger partial charge < -0.3 is 19.8 Å². The number of rotatable bonds is 3. The number of carboxylic acids is 2. The molecule has 0 radical (unpaired) electrons. The van der Waals surface area contributed by atoms with E-state index < -0.39 is 11.9 Å². The Balaban J connectivity index is 0. The molecule has 0 saturated carbocycles. The van der Waals surface area contributed by atoms with Gasteiger partial charge in [-0.15, -0.1) is 0 Å². The van der Waals surface area contributed by atoms with Crippen molar-refractivity contribution in [3.63, 3.8) is 0 Å². The number of carbonyl (C=O) groups excluding carboxylic acids is 2. The van der Waals surface area contributed by atoms with E-state index in [1.165, 1.54) is 18.2 Å². The average Bonchev–Trinajstić information content (AvgIpc) is 2.16. The topological polar surface area (TPSA) is 80.3 Å². The number of aryl methyl sites for hydroxylation is 1. The number of aromatic carboxylic acids is 1. The molecule has 1 rings (SSSR count). The second kappa shape index (κ2) is 8.91. The maximum absolute atomic E-state index is 10.5. The van der Waals surface area contributed by atoms with Crippen LogP contribution in [0.15, 0.2) is 24.3 Å². The van der Waals surface area contributed by atoms with Crippen molar-refractivity contribution >= 4 is 18.0 Å². The molecule has 0 amide bonds. The first-order chi connectivity index (χ1) is 7.00. The molecule has 0 N–H and O–H groups in total. The largest absolute Gasteiger partial charge is 1.00 e. The molecule has 1 aromatic carbocycles. The second-order valence-electron chi connectivity index (χ2n) is 3.01. The van der Waals surface area contributed by atoms with Crippen LogP contribution in [0.4, 0.5) is 0 Å². The van der Waals surface area contributed by atoms with Crippen LogP contribution in [0.1, 0.15) is 21.5 Å². The fourth-order valence-electron chi connectivity index (χ4n) is 1.10. The number of hydrogen-bond donors (Lipinski definition) is 0. The van der Waals surface area contributed by atoms with Crippen LogP contribution >= 0.6 is 0 Å². The molecule has 0 unspecified atom stereocenters. The Labute approximate surface area is 143 Å². The van der Waals surface area contributed by atoms with Gasteiger partial charge in [0.2, 0.25) is 0 Å². The zero-order chi connectivity index (χ0) is 11.4. The van der Waals surface area contributed by atoms with E-state index >= 15 is 0 Å². The van der Waals surface area contributed by atoms with Gasteiger partial charge in [-0.05, 0) is 35.8 Å². The van der Waals surface area contributed by atoms with Crippen molar-refractivity contribution in [2.24, 2.45) is 0 Å². The molecule has 0 aliphatic heterocycles. The van der Waals surface area contributed by atoms with E-state index in [1.54, 1.807) is 13.0 Å². The smallest absolute Gasteiger partial charge is 0.545 e. The van der Waals surface area contributed by atoms with Gasteiger partial charge in [-0.2, -0.15) is 0 Å².